The lowest BCUT2D eigenvalue weighted by molar-refractivity contribution is 0.0691. The van der Waals surface area contributed by atoms with Crippen molar-refractivity contribution >= 4 is 39.8 Å². The summed E-state index contributed by atoms with van der Waals surface area (Å²) in [6.45, 7) is 0.155. The number of aromatic nitrogens is 3. The van der Waals surface area contributed by atoms with Gasteiger partial charge in [0.15, 0.2) is 5.69 Å². The summed E-state index contributed by atoms with van der Waals surface area (Å²) in [5.74, 6) is -1.09. The molecule has 0 aromatic carbocycles. The van der Waals surface area contributed by atoms with Gasteiger partial charge in [-0.1, -0.05) is 11.3 Å². The number of thiazole rings is 1. The summed E-state index contributed by atoms with van der Waals surface area (Å²) < 4.78 is 0. The van der Waals surface area contributed by atoms with Crippen LogP contribution in [0.3, 0.4) is 0 Å². The van der Waals surface area contributed by atoms with Gasteiger partial charge in [0.2, 0.25) is 5.13 Å². The first-order chi connectivity index (χ1) is 8.65. The number of carbonyl (C=O) groups excluding carboxylic acids is 1. The summed E-state index contributed by atoms with van der Waals surface area (Å²) >= 11 is 2.36. The van der Waals surface area contributed by atoms with Crippen molar-refractivity contribution < 1.29 is 14.7 Å². The van der Waals surface area contributed by atoms with Gasteiger partial charge in [-0.3, -0.25) is 5.32 Å². The van der Waals surface area contributed by atoms with Crippen molar-refractivity contribution in [2.75, 3.05) is 5.32 Å². The minimum absolute atomic E-state index is 0.0265. The van der Waals surface area contributed by atoms with Crippen molar-refractivity contribution in [3.8, 4) is 0 Å². The number of rotatable bonds is 4. The molecule has 2 aromatic rings. The number of nitrogens with zero attached hydrogens (tertiary/aromatic N) is 3. The lowest BCUT2D eigenvalue weighted by atomic mass is 10.5. The number of carbonyl (C=O) groups is 2. The fourth-order valence-electron chi connectivity index (χ4n) is 1.02. The molecule has 8 nitrogen and oxygen atoms in total. The van der Waals surface area contributed by atoms with E-state index < -0.39 is 12.0 Å². The average molecular weight is 285 g/mol. The summed E-state index contributed by atoms with van der Waals surface area (Å²) in [6, 6.07) is -0.446. The molecule has 94 valence electrons. The summed E-state index contributed by atoms with van der Waals surface area (Å²) in [5.41, 5.74) is 1.47. The minimum atomic E-state index is -1.09. The molecule has 18 heavy (non-hydrogen) atoms. The van der Waals surface area contributed by atoms with Crippen LogP contribution < -0.4 is 10.6 Å². The molecule has 0 aliphatic carbocycles. The Labute approximate surface area is 109 Å². The van der Waals surface area contributed by atoms with E-state index in [-0.39, 0.29) is 12.2 Å². The van der Waals surface area contributed by atoms with Crippen molar-refractivity contribution in [3.05, 3.63) is 21.6 Å². The topological polar surface area (TPSA) is 117 Å². The third-order valence-electron chi connectivity index (χ3n) is 1.75. The quantitative estimate of drug-likeness (QED) is 0.772. The number of anilines is 1. The molecule has 0 aliphatic rings. The molecule has 0 aliphatic heterocycles. The molecule has 2 heterocycles. The Balaban J connectivity index is 1.83. The van der Waals surface area contributed by atoms with E-state index in [1.165, 1.54) is 33.6 Å². The molecule has 0 spiro atoms. The van der Waals surface area contributed by atoms with Crippen LogP contribution in [0.2, 0.25) is 0 Å². The molecule has 0 saturated carbocycles. The largest absolute Gasteiger partial charge is 0.476 e. The van der Waals surface area contributed by atoms with Crippen molar-refractivity contribution in [1.29, 1.82) is 0 Å². The van der Waals surface area contributed by atoms with E-state index in [9.17, 15) is 9.59 Å². The number of carboxylic acids is 1. The lowest BCUT2D eigenvalue weighted by Crippen LogP contribution is -2.28. The van der Waals surface area contributed by atoms with Crippen molar-refractivity contribution in [2.45, 2.75) is 6.54 Å². The standard InChI is InChI=1S/C8H7N5O3S2/c14-6(15)4-2-17-5(11-4)1-9-7(16)12-8-13-10-3-18-8/h2-3H,1H2,(H,14,15)(H2,9,12,13,16). The smallest absolute Gasteiger partial charge is 0.355 e. The highest BCUT2D eigenvalue weighted by molar-refractivity contribution is 7.13. The summed E-state index contributed by atoms with van der Waals surface area (Å²) in [6.07, 6.45) is 0. The van der Waals surface area contributed by atoms with E-state index in [0.29, 0.717) is 10.1 Å². The number of hydrogen-bond acceptors (Lipinski definition) is 7. The fraction of sp³-hybridized carbons (Fsp3) is 0.125. The number of carboxylic acid groups (broad SMARTS) is 1. The van der Waals surface area contributed by atoms with Crippen LogP contribution in [0, 0.1) is 0 Å². The molecule has 10 heteroatoms. The molecule has 0 bridgehead atoms. The van der Waals surface area contributed by atoms with E-state index in [0.717, 1.165) is 0 Å². The van der Waals surface area contributed by atoms with Crippen molar-refractivity contribution in [2.24, 2.45) is 0 Å². The van der Waals surface area contributed by atoms with E-state index in [2.05, 4.69) is 25.8 Å². The molecule has 0 unspecified atom stereocenters. The van der Waals surface area contributed by atoms with Crippen molar-refractivity contribution in [1.82, 2.24) is 20.5 Å². The number of nitrogens with one attached hydrogen (secondary N) is 2. The van der Waals surface area contributed by atoms with Crippen LogP contribution >= 0.6 is 22.7 Å². The number of aromatic carboxylic acids is 1. The van der Waals surface area contributed by atoms with Crippen LogP contribution in [0.25, 0.3) is 0 Å². The van der Waals surface area contributed by atoms with Crippen LogP contribution in [-0.2, 0) is 6.54 Å². The fourth-order valence-corrected chi connectivity index (χ4v) is 2.16. The van der Waals surface area contributed by atoms with Gasteiger partial charge < -0.3 is 10.4 Å². The average Bonchev–Trinajstić information content (AvgIpc) is 2.96. The lowest BCUT2D eigenvalue weighted by Gasteiger charge is -2.02. The molecule has 0 fully saturated rings. The normalized spacial score (nSPS) is 10.0. The van der Waals surface area contributed by atoms with Gasteiger partial charge in [0, 0.05) is 5.38 Å². The maximum Gasteiger partial charge on any atom is 0.355 e. The predicted octanol–water partition coefficient (Wildman–Crippen LogP) is 1.01. The second-order valence-electron chi connectivity index (χ2n) is 2.98. The van der Waals surface area contributed by atoms with E-state index in [1.54, 1.807) is 0 Å². The summed E-state index contributed by atoms with van der Waals surface area (Å²) in [7, 11) is 0. The van der Waals surface area contributed by atoms with Crippen LogP contribution in [0.5, 0.6) is 0 Å². The second-order valence-corrected chi connectivity index (χ2v) is 4.76. The zero-order valence-electron chi connectivity index (χ0n) is 8.78. The monoisotopic (exact) mass is 285 g/mol. The first-order valence-corrected chi connectivity index (χ1v) is 6.40. The highest BCUT2D eigenvalue weighted by Gasteiger charge is 2.09. The Morgan fingerprint density at radius 2 is 2.22 bits per heavy atom. The molecule has 2 rings (SSSR count). The molecule has 0 radical (unpaired) electrons. The third-order valence-corrected chi connectivity index (χ3v) is 3.21. The molecule has 0 atom stereocenters. The third kappa shape index (κ3) is 3.21. The maximum absolute atomic E-state index is 11.4. The SMILES string of the molecule is O=C(NCc1nc(C(=O)O)cs1)Nc1nncs1. The Hall–Kier alpha value is -2.07. The maximum atomic E-state index is 11.4. The Kier molecular flexibility index (Phi) is 3.79. The molecular formula is C8H7N5O3S2. The van der Waals surface area contributed by atoms with Crippen molar-refractivity contribution in [3.63, 3.8) is 0 Å². The molecule has 3 N–H and O–H groups in total. The van der Waals surface area contributed by atoms with Gasteiger partial charge in [-0.05, 0) is 0 Å². The molecule has 2 aromatic heterocycles. The van der Waals surface area contributed by atoms with E-state index in [4.69, 9.17) is 5.11 Å². The molecular weight excluding hydrogens is 278 g/mol. The van der Waals surface area contributed by atoms with Gasteiger partial charge in [0.1, 0.15) is 10.5 Å². The van der Waals surface area contributed by atoms with Gasteiger partial charge in [0.25, 0.3) is 0 Å². The highest BCUT2D eigenvalue weighted by Crippen LogP contribution is 2.10. The minimum Gasteiger partial charge on any atom is -0.476 e. The Bertz CT molecular complexity index is 553. The van der Waals surface area contributed by atoms with Gasteiger partial charge in [-0.2, -0.15) is 0 Å². The first kappa shape index (κ1) is 12.4. The van der Waals surface area contributed by atoms with E-state index >= 15 is 0 Å². The summed E-state index contributed by atoms with van der Waals surface area (Å²) in [4.78, 5) is 25.8. The van der Waals surface area contributed by atoms with Crippen LogP contribution in [-0.4, -0.2) is 32.3 Å². The zero-order chi connectivity index (χ0) is 13.0. The second kappa shape index (κ2) is 5.51. The highest BCUT2D eigenvalue weighted by atomic mass is 32.1. The Morgan fingerprint density at radius 1 is 1.39 bits per heavy atom. The Morgan fingerprint density at radius 3 is 2.83 bits per heavy atom. The van der Waals surface area contributed by atoms with Crippen LogP contribution in [0.15, 0.2) is 10.9 Å². The molecule has 0 saturated heterocycles. The number of hydrogen-bond donors (Lipinski definition) is 3. The van der Waals surface area contributed by atoms with E-state index in [1.807, 2.05) is 0 Å². The number of urea groups is 1. The number of amides is 2. The first-order valence-electron chi connectivity index (χ1n) is 4.64. The van der Waals surface area contributed by atoms with Crippen LogP contribution in [0.4, 0.5) is 9.93 Å². The van der Waals surface area contributed by atoms with Gasteiger partial charge in [-0.15, -0.1) is 21.5 Å². The zero-order valence-corrected chi connectivity index (χ0v) is 10.4. The summed E-state index contributed by atoms with van der Waals surface area (Å²) in [5, 5.41) is 23.2. The molecule has 2 amide bonds. The van der Waals surface area contributed by atoms with Gasteiger partial charge >= 0.3 is 12.0 Å². The van der Waals surface area contributed by atoms with Crippen LogP contribution in [0.1, 0.15) is 15.5 Å². The predicted molar refractivity (Wildman–Crippen MR) is 64.8 cm³/mol. The van der Waals surface area contributed by atoms with Gasteiger partial charge in [-0.25, -0.2) is 14.6 Å². The van der Waals surface area contributed by atoms with Gasteiger partial charge in [0.05, 0.1) is 6.54 Å².